The van der Waals surface area contributed by atoms with Crippen LogP contribution in [0.15, 0.2) is 58.3 Å². The molecule has 3 rings (SSSR count). The minimum absolute atomic E-state index is 0.346. The van der Waals surface area contributed by atoms with Crippen LogP contribution in [0.1, 0.15) is 0 Å². The lowest BCUT2D eigenvalue weighted by Crippen LogP contribution is -2.19. The van der Waals surface area contributed by atoms with Crippen LogP contribution in [-0.2, 0) is 6.54 Å². The van der Waals surface area contributed by atoms with Gasteiger partial charge in [-0.3, -0.25) is 4.57 Å². The van der Waals surface area contributed by atoms with Crippen LogP contribution in [0, 0.1) is 0 Å². The molecule has 0 spiro atoms. The Morgan fingerprint density at radius 1 is 1.11 bits per heavy atom. The van der Waals surface area contributed by atoms with E-state index in [4.69, 9.17) is 13.9 Å². The Bertz CT molecular complexity index is 1050. The number of nitrogens with one attached hydrogen (secondary N) is 2. The summed E-state index contributed by atoms with van der Waals surface area (Å²) >= 11 is 0. The number of allylic oxidation sites excluding steroid dienone is 1. The van der Waals surface area contributed by atoms with E-state index in [1.165, 1.54) is 18.8 Å². The molecule has 0 fully saturated rings. The fourth-order valence-corrected chi connectivity index (χ4v) is 2.65. The summed E-state index contributed by atoms with van der Waals surface area (Å²) in [5.41, 5.74) is 2.03. The van der Waals surface area contributed by atoms with Crippen LogP contribution in [0.4, 0.5) is 16.2 Å². The molecule has 0 saturated heterocycles. The Balaban J connectivity index is 1.76. The molecule has 2 aromatic carbocycles. The van der Waals surface area contributed by atoms with E-state index < -0.39 is 11.8 Å². The lowest BCUT2D eigenvalue weighted by molar-refractivity contribution is 0.262. The summed E-state index contributed by atoms with van der Waals surface area (Å²) in [4.78, 5) is 24.1. The van der Waals surface area contributed by atoms with Crippen LogP contribution < -0.4 is 25.9 Å². The molecular weight excluding hydrogens is 350 g/mol. The highest BCUT2D eigenvalue weighted by atomic mass is 16.5. The third-order valence-electron chi connectivity index (χ3n) is 3.88. The summed E-state index contributed by atoms with van der Waals surface area (Å²) < 4.78 is 17.0. The number of carbonyl (C=O) groups is 1. The number of carbonyl (C=O) groups excluding carboxylic acids is 1. The maximum Gasteiger partial charge on any atom is 0.420 e. The van der Waals surface area contributed by atoms with E-state index in [0.717, 1.165) is 0 Å². The van der Waals surface area contributed by atoms with Crippen molar-refractivity contribution in [2.45, 2.75) is 6.54 Å². The fraction of sp³-hybridized carbons (Fsp3) is 0.158. The monoisotopic (exact) mass is 369 g/mol. The van der Waals surface area contributed by atoms with Gasteiger partial charge in [-0.1, -0.05) is 6.08 Å². The second kappa shape index (κ2) is 7.69. The summed E-state index contributed by atoms with van der Waals surface area (Å²) in [5.74, 6) is 0.590. The van der Waals surface area contributed by atoms with Gasteiger partial charge in [0.2, 0.25) is 0 Å². The number of hydrogen-bond acceptors (Lipinski definition) is 5. The molecule has 0 bridgehead atoms. The summed E-state index contributed by atoms with van der Waals surface area (Å²) in [6, 6.07) is 9.56. The number of oxazole rings is 1. The van der Waals surface area contributed by atoms with Gasteiger partial charge < -0.3 is 24.5 Å². The van der Waals surface area contributed by atoms with Crippen LogP contribution >= 0.6 is 0 Å². The van der Waals surface area contributed by atoms with E-state index in [1.807, 2.05) is 0 Å². The minimum atomic E-state index is -0.475. The average Bonchev–Trinajstić information content (AvgIpc) is 2.96. The van der Waals surface area contributed by atoms with Crippen molar-refractivity contribution >= 4 is 28.5 Å². The van der Waals surface area contributed by atoms with Crippen molar-refractivity contribution in [1.29, 1.82) is 0 Å². The van der Waals surface area contributed by atoms with E-state index in [-0.39, 0.29) is 0 Å². The van der Waals surface area contributed by atoms with Crippen molar-refractivity contribution in [1.82, 2.24) is 4.57 Å². The van der Waals surface area contributed by atoms with Gasteiger partial charge in [0.25, 0.3) is 0 Å². The van der Waals surface area contributed by atoms with Gasteiger partial charge >= 0.3 is 11.8 Å². The Kier molecular flexibility index (Phi) is 5.16. The zero-order valence-corrected chi connectivity index (χ0v) is 14.9. The number of hydrogen-bond donors (Lipinski definition) is 2. The summed E-state index contributed by atoms with van der Waals surface area (Å²) in [5, 5.41) is 5.40. The molecule has 1 aromatic heterocycles. The number of nitrogens with zero attached hydrogens (tertiary/aromatic N) is 1. The smallest absolute Gasteiger partial charge is 0.420 e. The Hall–Kier alpha value is -3.68. The van der Waals surface area contributed by atoms with Gasteiger partial charge in [-0.05, 0) is 24.3 Å². The molecule has 8 heteroatoms. The molecule has 0 atom stereocenters. The zero-order chi connectivity index (χ0) is 19.4. The molecule has 0 radical (unpaired) electrons. The van der Waals surface area contributed by atoms with Crippen LogP contribution in [0.25, 0.3) is 11.1 Å². The molecule has 0 unspecified atom stereocenters. The van der Waals surface area contributed by atoms with E-state index >= 15 is 0 Å². The second-order valence-corrected chi connectivity index (χ2v) is 5.60. The maximum atomic E-state index is 12.2. The summed E-state index contributed by atoms with van der Waals surface area (Å²) in [7, 11) is 3.05. The van der Waals surface area contributed by atoms with Gasteiger partial charge in [-0.15, -0.1) is 6.58 Å². The van der Waals surface area contributed by atoms with Crippen molar-refractivity contribution in [3.8, 4) is 11.5 Å². The number of ether oxygens (including phenoxy) is 2. The second-order valence-electron chi connectivity index (χ2n) is 5.60. The number of anilines is 2. The van der Waals surface area contributed by atoms with Gasteiger partial charge in [0.15, 0.2) is 17.1 Å². The zero-order valence-electron chi connectivity index (χ0n) is 14.9. The first-order chi connectivity index (χ1) is 13.0. The first-order valence-electron chi connectivity index (χ1n) is 8.10. The lowest BCUT2D eigenvalue weighted by atomic mass is 10.2. The molecule has 27 heavy (non-hydrogen) atoms. The predicted molar refractivity (Wildman–Crippen MR) is 103 cm³/mol. The minimum Gasteiger partial charge on any atom is -0.493 e. The van der Waals surface area contributed by atoms with Crippen LogP contribution in [0.3, 0.4) is 0 Å². The number of methoxy groups -OCH3 is 2. The topological polar surface area (TPSA) is 94.7 Å². The first-order valence-corrected chi connectivity index (χ1v) is 8.10. The van der Waals surface area contributed by atoms with Gasteiger partial charge in [-0.25, -0.2) is 9.59 Å². The van der Waals surface area contributed by atoms with Crippen LogP contribution in [0.5, 0.6) is 11.5 Å². The van der Waals surface area contributed by atoms with Gasteiger partial charge in [0, 0.05) is 30.1 Å². The first kappa shape index (κ1) is 18.1. The Morgan fingerprint density at radius 3 is 2.44 bits per heavy atom. The van der Waals surface area contributed by atoms with E-state index in [1.54, 1.807) is 42.5 Å². The van der Waals surface area contributed by atoms with Crippen LogP contribution in [-0.4, -0.2) is 24.8 Å². The molecule has 140 valence electrons. The largest absolute Gasteiger partial charge is 0.493 e. The third-order valence-corrected chi connectivity index (χ3v) is 3.88. The quantitative estimate of drug-likeness (QED) is 0.649. The molecule has 2 amide bonds. The lowest BCUT2D eigenvalue weighted by Gasteiger charge is -2.11. The number of fused-ring (bicyclic) bond motifs is 1. The summed E-state index contributed by atoms with van der Waals surface area (Å²) in [6.45, 7) is 3.97. The summed E-state index contributed by atoms with van der Waals surface area (Å²) in [6.07, 6.45) is 1.61. The molecule has 0 aliphatic heterocycles. The standard InChI is InChI=1S/C19H19N3O5/c1-4-9-22-14-7-5-12(10-16(14)27-19(22)24)20-18(23)21-13-6-8-15(25-2)17(11-13)26-3/h4-8,10-11H,1,9H2,2-3H3,(H2,20,21,23). The third kappa shape index (κ3) is 3.79. The van der Waals surface area contributed by atoms with Crippen molar-refractivity contribution in [3.05, 3.63) is 59.6 Å². The highest BCUT2D eigenvalue weighted by Gasteiger charge is 2.11. The molecule has 3 aromatic rings. The number of benzene rings is 2. The highest BCUT2D eigenvalue weighted by Crippen LogP contribution is 2.29. The number of rotatable bonds is 6. The average molecular weight is 369 g/mol. The van der Waals surface area contributed by atoms with Crippen molar-refractivity contribution in [2.75, 3.05) is 24.9 Å². The van der Waals surface area contributed by atoms with Gasteiger partial charge in [0.05, 0.1) is 19.7 Å². The molecule has 8 nitrogen and oxygen atoms in total. The van der Waals surface area contributed by atoms with Gasteiger partial charge in [0.1, 0.15) is 0 Å². The van der Waals surface area contributed by atoms with Crippen LogP contribution in [0.2, 0.25) is 0 Å². The Labute approximate surface area is 155 Å². The highest BCUT2D eigenvalue weighted by molar-refractivity contribution is 6.00. The molecule has 0 aliphatic carbocycles. The number of amides is 2. The molecule has 0 aliphatic rings. The van der Waals surface area contributed by atoms with Crippen molar-refractivity contribution in [2.24, 2.45) is 0 Å². The van der Waals surface area contributed by atoms with Gasteiger partial charge in [-0.2, -0.15) is 0 Å². The Morgan fingerprint density at radius 2 is 1.78 bits per heavy atom. The normalized spacial score (nSPS) is 10.4. The molecule has 2 N–H and O–H groups in total. The van der Waals surface area contributed by atoms with E-state index in [2.05, 4.69) is 17.2 Å². The number of urea groups is 1. The maximum absolute atomic E-state index is 12.2. The van der Waals surface area contributed by atoms with E-state index in [0.29, 0.717) is 40.5 Å². The van der Waals surface area contributed by atoms with Crippen molar-refractivity contribution in [3.63, 3.8) is 0 Å². The fourth-order valence-electron chi connectivity index (χ4n) is 2.65. The van der Waals surface area contributed by atoms with Crippen molar-refractivity contribution < 1.29 is 18.7 Å². The van der Waals surface area contributed by atoms with E-state index in [9.17, 15) is 9.59 Å². The molecule has 0 saturated carbocycles. The molecular formula is C19H19N3O5. The SMILES string of the molecule is C=CCn1c(=O)oc2cc(NC(=O)Nc3ccc(OC)c(OC)c3)ccc21. The predicted octanol–water partition coefficient (Wildman–Crippen LogP) is 3.44. The molecule has 1 heterocycles. The number of aromatic nitrogens is 1.